The zero-order valence-electron chi connectivity index (χ0n) is 6.86. The molecular formula is C6H14N2O2S2. The third-order valence-electron chi connectivity index (χ3n) is 1.39. The first kappa shape index (κ1) is 10.6. The van der Waals surface area contributed by atoms with Crippen molar-refractivity contribution in [2.75, 3.05) is 39.5 Å². The van der Waals surface area contributed by atoms with E-state index in [0.29, 0.717) is 6.54 Å². The lowest BCUT2D eigenvalue weighted by Crippen LogP contribution is -2.30. The van der Waals surface area contributed by atoms with E-state index in [2.05, 4.69) is 9.03 Å². The molecule has 0 unspecified atom stereocenters. The first-order valence-corrected chi connectivity index (χ1v) is 6.04. The van der Waals surface area contributed by atoms with Gasteiger partial charge in [-0.25, -0.2) is 4.31 Å². The zero-order chi connectivity index (χ0) is 8.65. The molecule has 0 radical (unpaired) electrons. The van der Waals surface area contributed by atoms with Gasteiger partial charge in [-0.1, -0.05) is 0 Å². The van der Waals surface area contributed by atoms with Gasteiger partial charge in [0.2, 0.25) is 0 Å². The topological polar surface area (TPSA) is 44.7 Å². The highest BCUT2D eigenvalue weighted by molar-refractivity contribution is 8.75. The third kappa shape index (κ3) is 4.54. The molecule has 6 heteroatoms. The molecule has 1 aliphatic heterocycles. The molecule has 0 bridgehead atoms. The van der Waals surface area contributed by atoms with Crippen molar-refractivity contribution >= 4 is 22.0 Å². The molecule has 0 spiro atoms. The van der Waals surface area contributed by atoms with Gasteiger partial charge in [0.15, 0.2) is 0 Å². The van der Waals surface area contributed by atoms with Crippen molar-refractivity contribution < 1.29 is 9.84 Å². The van der Waals surface area contributed by atoms with Crippen molar-refractivity contribution in [2.24, 2.45) is 0 Å². The number of morpholine rings is 1. The number of nitrogens with one attached hydrogen (secondary N) is 1. The van der Waals surface area contributed by atoms with Crippen molar-refractivity contribution in [3.05, 3.63) is 0 Å². The molecule has 2 N–H and O–H groups in total. The first-order chi connectivity index (χ1) is 5.93. The maximum absolute atomic E-state index is 8.48. The fourth-order valence-corrected chi connectivity index (χ4v) is 2.59. The molecule has 72 valence electrons. The van der Waals surface area contributed by atoms with E-state index in [4.69, 9.17) is 9.84 Å². The van der Waals surface area contributed by atoms with Crippen LogP contribution in [0.15, 0.2) is 0 Å². The smallest absolute Gasteiger partial charge is 0.0603 e. The van der Waals surface area contributed by atoms with Crippen LogP contribution in [0.3, 0.4) is 0 Å². The largest absolute Gasteiger partial charge is 0.395 e. The molecule has 1 fully saturated rings. The van der Waals surface area contributed by atoms with E-state index < -0.39 is 0 Å². The van der Waals surface area contributed by atoms with Crippen LogP contribution in [-0.4, -0.2) is 48.9 Å². The van der Waals surface area contributed by atoms with E-state index in [9.17, 15) is 0 Å². The fourth-order valence-electron chi connectivity index (χ4n) is 0.788. The van der Waals surface area contributed by atoms with E-state index in [1.807, 2.05) is 0 Å². The lowest BCUT2D eigenvalue weighted by molar-refractivity contribution is 0.0779. The lowest BCUT2D eigenvalue weighted by Gasteiger charge is -2.24. The Labute approximate surface area is 80.7 Å². The highest BCUT2D eigenvalue weighted by Gasteiger charge is 2.10. The lowest BCUT2D eigenvalue weighted by atomic mass is 10.5. The van der Waals surface area contributed by atoms with Gasteiger partial charge in [0.05, 0.1) is 19.8 Å². The molecular weight excluding hydrogens is 196 g/mol. The molecule has 0 atom stereocenters. The number of nitrogens with zero attached hydrogens (tertiary/aromatic N) is 1. The molecule has 0 aromatic rings. The normalized spacial score (nSPS) is 19.8. The number of rotatable bonds is 5. The standard InChI is InChI=1S/C6H14N2O2S2/c9-4-1-7-11-12-8-2-5-10-6-3-8/h7,9H,1-6H2. The summed E-state index contributed by atoms with van der Waals surface area (Å²) in [5.41, 5.74) is 0. The Morgan fingerprint density at radius 1 is 1.42 bits per heavy atom. The molecule has 1 aliphatic rings. The number of hydrogen-bond acceptors (Lipinski definition) is 6. The molecule has 0 aromatic carbocycles. The van der Waals surface area contributed by atoms with Crippen LogP contribution in [0.4, 0.5) is 0 Å². The van der Waals surface area contributed by atoms with Gasteiger partial charge in [0.1, 0.15) is 0 Å². The van der Waals surface area contributed by atoms with Crippen LogP contribution >= 0.6 is 22.0 Å². The molecule has 1 saturated heterocycles. The second-order valence-corrected chi connectivity index (χ2v) is 4.39. The van der Waals surface area contributed by atoms with Crippen molar-refractivity contribution in [1.82, 2.24) is 9.03 Å². The average molecular weight is 210 g/mol. The van der Waals surface area contributed by atoms with Crippen LogP contribution in [-0.2, 0) is 4.74 Å². The summed E-state index contributed by atoms with van der Waals surface area (Å²) in [4.78, 5) is 0. The quantitative estimate of drug-likeness (QED) is 0.381. The maximum Gasteiger partial charge on any atom is 0.0603 e. The van der Waals surface area contributed by atoms with Crippen LogP contribution in [0.25, 0.3) is 0 Å². The van der Waals surface area contributed by atoms with Gasteiger partial charge in [-0.05, 0) is 0 Å². The molecule has 4 nitrogen and oxygen atoms in total. The van der Waals surface area contributed by atoms with Crippen LogP contribution in [0.5, 0.6) is 0 Å². The Morgan fingerprint density at radius 2 is 2.17 bits per heavy atom. The summed E-state index contributed by atoms with van der Waals surface area (Å²) in [7, 11) is 3.25. The predicted molar refractivity (Wildman–Crippen MR) is 52.7 cm³/mol. The van der Waals surface area contributed by atoms with Gasteiger partial charge >= 0.3 is 0 Å². The van der Waals surface area contributed by atoms with Gasteiger partial charge in [-0.3, -0.25) is 4.72 Å². The molecule has 0 saturated carbocycles. The molecule has 0 aliphatic carbocycles. The minimum atomic E-state index is 0.191. The first-order valence-electron chi connectivity index (χ1n) is 3.93. The van der Waals surface area contributed by atoms with E-state index >= 15 is 0 Å². The summed E-state index contributed by atoms with van der Waals surface area (Å²) in [5.74, 6) is 0. The van der Waals surface area contributed by atoms with Crippen LogP contribution < -0.4 is 4.72 Å². The maximum atomic E-state index is 8.48. The SMILES string of the molecule is OCCNSSN1CCOCC1. The van der Waals surface area contributed by atoms with Crippen LogP contribution in [0.2, 0.25) is 0 Å². The molecule has 12 heavy (non-hydrogen) atoms. The number of hydrogen-bond donors (Lipinski definition) is 2. The summed E-state index contributed by atoms with van der Waals surface area (Å²) < 4.78 is 10.5. The summed E-state index contributed by atoms with van der Waals surface area (Å²) in [6.45, 7) is 4.46. The number of aliphatic hydroxyl groups excluding tert-OH is 1. The van der Waals surface area contributed by atoms with Crippen molar-refractivity contribution in [3.63, 3.8) is 0 Å². The summed E-state index contributed by atoms with van der Waals surface area (Å²) in [6.07, 6.45) is 0. The average Bonchev–Trinajstić information content (AvgIpc) is 2.14. The van der Waals surface area contributed by atoms with Gasteiger partial charge in [0, 0.05) is 41.6 Å². The third-order valence-corrected chi connectivity index (χ3v) is 3.57. The Morgan fingerprint density at radius 3 is 2.83 bits per heavy atom. The van der Waals surface area contributed by atoms with E-state index in [1.54, 1.807) is 22.0 Å². The summed E-state index contributed by atoms with van der Waals surface area (Å²) in [6, 6.07) is 0. The second kappa shape index (κ2) is 6.99. The van der Waals surface area contributed by atoms with Gasteiger partial charge < -0.3 is 9.84 Å². The van der Waals surface area contributed by atoms with Crippen molar-refractivity contribution in [2.45, 2.75) is 0 Å². The molecule has 1 rings (SSSR count). The number of ether oxygens (including phenoxy) is 1. The molecule has 0 amide bonds. The van der Waals surface area contributed by atoms with Crippen molar-refractivity contribution in [3.8, 4) is 0 Å². The minimum Gasteiger partial charge on any atom is -0.395 e. The second-order valence-electron chi connectivity index (χ2n) is 2.32. The predicted octanol–water partition coefficient (Wildman–Crippen LogP) is 0.112. The van der Waals surface area contributed by atoms with Gasteiger partial charge in [-0.15, -0.1) is 0 Å². The Kier molecular flexibility index (Phi) is 6.19. The Bertz CT molecular complexity index is 112. The summed E-state index contributed by atoms with van der Waals surface area (Å²) >= 11 is 0. The fraction of sp³-hybridized carbons (Fsp3) is 1.00. The van der Waals surface area contributed by atoms with E-state index in [-0.39, 0.29) is 6.61 Å². The van der Waals surface area contributed by atoms with Gasteiger partial charge in [-0.2, -0.15) is 0 Å². The van der Waals surface area contributed by atoms with E-state index in [1.165, 1.54) is 0 Å². The van der Waals surface area contributed by atoms with Crippen molar-refractivity contribution in [1.29, 1.82) is 0 Å². The highest BCUT2D eigenvalue weighted by Crippen LogP contribution is 2.22. The summed E-state index contributed by atoms with van der Waals surface area (Å²) in [5, 5.41) is 8.48. The zero-order valence-corrected chi connectivity index (χ0v) is 8.49. The van der Waals surface area contributed by atoms with Crippen LogP contribution in [0, 0.1) is 0 Å². The Hall–Kier alpha value is 0.540. The highest BCUT2D eigenvalue weighted by atomic mass is 33.1. The molecule has 0 aromatic heterocycles. The minimum absolute atomic E-state index is 0.191. The van der Waals surface area contributed by atoms with Gasteiger partial charge in [0.25, 0.3) is 0 Å². The Balaban J connectivity index is 1.91. The van der Waals surface area contributed by atoms with E-state index in [0.717, 1.165) is 26.3 Å². The number of aliphatic hydroxyl groups is 1. The monoisotopic (exact) mass is 210 g/mol. The van der Waals surface area contributed by atoms with Crippen LogP contribution in [0.1, 0.15) is 0 Å². The molecule has 1 heterocycles.